The molecule has 0 aromatic rings. The fourth-order valence-electron chi connectivity index (χ4n) is 4.23. The molecule has 0 aliphatic heterocycles. The average Bonchev–Trinajstić information content (AvgIpc) is 2.03. The third-order valence-corrected chi connectivity index (χ3v) is 4.69. The van der Waals surface area contributed by atoms with Gasteiger partial charge in [-0.2, -0.15) is 0 Å². The van der Waals surface area contributed by atoms with E-state index < -0.39 is 0 Å². The van der Waals surface area contributed by atoms with E-state index in [2.05, 4.69) is 0 Å². The summed E-state index contributed by atoms with van der Waals surface area (Å²) in [5, 5.41) is 0. The molecule has 0 heterocycles. The fraction of sp³-hybridized carbons (Fsp3) is 1.00. The third kappa shape index (κ3) is 1.03. The van der Waals surface area contributed by atoms with Crippen LogP contribution in [0.3, 0.4) is 0 Å². The maximum atomic E-state index is 1.61. The van der Waals surface area contributed by atoms with E-state index >= 15 is 0 Å². The van der Waals surface area contributed by atoms with Crippen LogP contribution in [0.2, 0.25) is 0 Å². The molecule has 0 heteroatoms. The summed E-state index contributed by atoms with van der Waals surface area (Å²) in [5.74, 6) is 2.34. The summed E-state index contributed by atoms with van der Waals surface area (Å²) in [7, 11) is 0. The Bertz CT molecular complexity index is 158. The zero-order valence-electron chi connectivity index (χ0n) is 8.02. The third-order valence-electron chi connectivity index (χ3n) is 4.69. The van der Waals surface area contributed by atoms with Crippen LogP contribution in [-0.4, -0.2) is 0 Å². The van der Waals surface area contributed by atoms with Gasteiger partial charge in [0.05, 0.1) is 0 Å². The topological polar surface area (TPSA) is 0 Å². The van der Waals surface area contributed by atoms with E-state index in [1.807, 2.05) is 0 Å². The molecule has 0 N–H and O–H groups in total. The zero-order chi connectivity index (χ0) is 8.02. The highest BCUT2D eigenvalue weighted by Gasteiger charge is 2.46. The van der Waals surface area contributed by atoms with Gasteiger partial charge in [0.25, 0.3) is 0 Å². The molecule has 12 heavy (non-hydrogen) atoms. The van der Waals surface area contributed by atoms with E-state index in [4.69, 9.17) is 0 Å². The minimum absolute atomic E-state index is 0.879. The van der Waals surface area contributed by atoms with Crippen molar-refractivity contribution in [2.45, 2.75) is 57.8 Å². The normalized spacial score (nSPS) is 44.0. The predicted molar refractivity (Wildman–Crippen MR) is 51.0 cm³/mol. The summed E-state index contributed by atoms with van der Waals surface area (Å²) >= 11 is 0. The first-order valence-corrected chi connectivity index (χ1v) is 5.86. The van der Waals surface area contributed by atoms with Gasteiger partial charge in [-0.25, -0.2) is 0 Å². The molecular weight excluding hydrogens is 144 g/mol. The molecule has 1 spiro atoms. The summed E-state index contributed by atoms with van der Waals surface area (Å²) in [6.07, 6.45) is 14.2. The molecule has 0 aromatic carbocycles. The summed E-state index contributed by atoms with van der Waals surface area (Å²) in [5.41, 5.74) is 0.879. The number of hydrogen-bond acceptors (Lipinski definition) is 0. The van der Waals surface area contributed by atoms with Gasteiger partial charge in [0.1, 0.15) is 0 Å². The van der Waals surface area contributed by atoms with Crippen LogP contribution in [-0.2, 0) is 0 Å². The molecule has 68 valence electrons. The smallest absolute Gasteiger partial charge is 0.0292 e. The Hall–Kier alpha value is 0. The lowest BCUT2D eigenvalue weighted by Crippen LogP contribution is -2.42. The molecule has 4 saturated carbocycles. The second-order valence-corrected chi connectivity index (χ2v) is 5.67. The molecule has 0 nitrogen and oxygen atoms in total. The second-order valence-electron chi connectivity index (χ2n) is 5.67. The molecule has 4 rings (SSSR count). The van der Waals surface area contributed by atoms with Gasteiger partial charge >= 0.3 is 0 Å². The molecule has 4 fully saturated rings. The van der Waals surface area contributed by atoms with E-state index in [1.54, 1.807) is 51.4 Å². The van der Waals surface area contributed by atoms with Crippen molar-refractivity contribution >= 4 is 0 Å². The minimum Gasteiger partial charge on any atom is -0.0533 e. The molecule has 0 atom stereocenters. The van der Waals surface area contributed by atoms with Crippen LogP contribution in [0.1, 0.15) is 57.8 Å². The van der Waals surface area contributed by atoms with Crippen molar-refractivity contribution in [2.75, 3.05) is 0 Å². The SMILES string of the molecule is C1CCC2(CC1)CC1CC(C1)C2. The monoisotopic (exact) mass is 164 g/mol. The molecule has 2 bridgehead atoms. The van der Waals surface area contributed by atoms with Gasteiger partial charge in [0.2, 0.25) is 0 Å². The minimum atomic E-state index is 0.879. The van der Waals surface area contributed by atoms with E-state index in [9.17, 15) is 0 Å². The van der Waals surface area contributed by atoms with Crippen LogP contribution in [0.25, 0.3) is 0 Å². The first-order valence-electron chi connectivity index (χ1n) is 5.86. The lowest BCUT2D eigenvalue weighted by Gasteiger charge is -2.54. The Morgan fingerprint density at radius 2 is 1.33 bits per heavy atom. The van der Waals surface area contributed by atoms with Crippen molar-refractivity contribution in [3.05, 3.63) is 0 Å². The molecule has 0 aromatic heterocycles. The lowest BCUT2D eigenvalue weighted by atomic mass is 9.52. The van der Waals surface area contributed by atoms with Gasteiger partial charge in [-0.3, -0.25) is 0 Å². The predicted octanol–water partition coefficient (Wildman–Crippen LogP) is 3.76. The number of hydrogen-bond donors (Lipinski definition) is 0. The van der Waals surface area contributed by atoms with Gasteiger partial charge in [-0.05, 0) is 55.8 Å². The molecule has 4 aliphatic carbocycles. The van der Waals surface area contributed by atoms with Crippen molar-refractivity contribution < 1.29 is 0 Å². The Balaban J connectivity index is 1.73. The summed E-state index contributed by atoms with van der Waals surface area (Å²) < 4.78 is 0. The largest absolute Gasteiger partial charge is 0.0533 e. The standard InChI is InChI=1S/C12H20/c1-2-4-12(5-3-1)8-10-6-11(7-10)9-12/h10-11H,1-9H2. The van der Waals surface area contributed by atoms with Gasteiger partial charge in [-0.1, -0.05) is 19.3 Å². The van der Waals surface area contributed by atoms with E-state index in [0.717, 1.165) is 5.41 Å². The summed E-state index contributed by atoms with van der Waals surface area (Å²) in [6.45, 7) is 0. The van der Waals surface area contributed by atoms with Gasteiger partial charge < -0.3 is 0 Å². The van der Waals surface area contributed by atoms with Crippen LogP contribution in [0.4, 0.5) is 0 Å². The van der Waals surface area contributed by atoms with Gasteiger partial charge in [-0.15, -0.1) is 0 Å². The van der Waals surface area contributed by atoms with E-state index in [1.165, 1.54) is 18.3 Å². The van der Waals surface area contributed by atoms with Crippen LogP contribution in [0.15, 0.2) is 0 Å². The quantitative estimate of drug-likeness (QED) is 0.511. The highest BCUT2D eigenvalue weighted by molar-refractivity contribution is 4.98. The Kier molecular flexibility index (Phi) is 1.54. The Labute approximate surface area is 75.7 Å². The first-order chi connectivity index (χ1) is 5.86. The van der Waals surface area contributed by atoms with Gasteiger partial charge in [0, 0.05) is 0 Å². The highest BCUT2D eigenvalue weighted by Crippen LogP contribution is 2.58. The second kappa shape index (κ2) is 2.49. The van der Waals surface area contributed by atoms with Crippen molar-refractivity contribution in [2.24, 2.45) is 17.3 Å². The van der Waals surface area contributed by atoms with Crippen molar-refractivity contribution in [3.8, 4) is 0 Å². The summed E-state index contributed by atoms with van der Waals surface area (Å²) in [6, 6.07) is 0. The maximum Gasteiger partial charge on any atom is -0.0292 e. The zero-order valence-corrected chi connectivity index (χ0v) is 8.02. The van der Waals surface area contributed by atoms with Crippen LogP contribution in [0.5, 0.6) is 0 Å². The molecule has 0 unspecified atom stereocenters. The van der Waals surface area contributed by atoms with Gasteiger partial charge in [0.15, 0.2) is 0 Å². The van der Waals surface area contributed by atoms with Crippen molar-refractivity contribution in [1.82, 2.24) is 0 Å². The van der Waals surface area contributed by atoms with Crippen molar-refractivity contribution in [3.63, 3.8) is 0 Å². The van der Waals surface area contributed by atoms with Crippen LogP contribution in [0, 0.1) is 17.3 Å². The molecular formula is C12H20. The summed E-state index contributed by atoms with van der Waals surface area (Å²) in [4.78, 5) is 0. The molecule has 4 aliphatic rings. The fourth-order valence-corrected chi connectivity index (χ4v) is 4.23. The van der Waals surface area contributed by atoms with E-state index in [-0.39, 0.29) is 0 Å². The number of rotatable bonds is 0. The Morgan fingerprint density at radius 1 is 0.750 bits per heavy atom. The van der Waals surface area contributed by atoms with Crippen LogP contribution >= 0.6 is 0 Å². The van der Waals surface area contributed by atoms with Crippen molar-refractivity contribution in [1.29, 1.82) is 0 Å². The first kappa shape index (κ1) is 7.41. The lowest BCUT2D eigenvalue weighted by molar-refractivity contribution is -0.0253. The van der Waals surface area contributed by atoms with E-state index in [0.29, 0.717) is 0 Å². The molecule has 0 amide bonds. The maximum absolute atomic E-state index is 1.61. The highest BCUT2D eigenvalue weighted by atomic mass is 14.5. The van der Waals surface area contributed by atoms with Crippen LogP contribution < -0.4 is 0 Å². The average molecular weight is 164 g/mol. The molecule has 0 radical (unpaired) electrons. The molecule has 0 saturated heterocycles. The Morgan fingerprint density at radius 3 is 1.92 bits per heavy atom.